The highest BCUT2D eigenvalue weighted by atomic mass is 32.2. The summed E-state index contributed by atoms with van der Waals surface area (Å²) in [5.41, 5.74) is 2.99. The summed E-state index contributed by atoms with van der Waals surface area (Å²) in [7, 11) is 2.62. The Morgan fingerprint density at radius 1 is 1.12 bits per heavy atom. The Bertz CT molecular complexity index is 1150. The van der Waals surface area contributed by atoms with Crippen molar-refractivity contribution in [3.63, 3.8) is 0 Å². The highest BCUT2D eigenvalue weighted by Crippen LogP contribution is 2.48. The van der Waals surface area contributed by atoms with Crippen molar-refractivity contribution in [3.05, 3.63) is 74.8 Å². The lowest BCUT2D eigenvalue weighted by atomic mass is 9.68. The lowest BCUT2D eigenvalue weighted by molar-refractivity contribution is -0.149. The van der Waals surface area contributed by atoms with Gasteiger partial charge in [0, 0.05) is 38.6 Å². The molecule has 0 unspecified atom stereocenters. The summed E-state index contributed by atoms with van der Waals surface area (Å²) in [4.78, 5) is 41.7. The maximum Gasteiger partial charge on any atom is 0.336 e. The van der Waals surface area contributed by atoms with Crippen molar-refractivity contribution in [2.45, 2.75) is 30.1 Å². The third-order valence-electron chi connectivity index (χ3n) is 6.24. The van der Waals surface area contributed by atoms with Crippen LogP contribution in [-0.4, -0.2) is 38.2 Å². The number of hydrogen-bond donors (Lipinski definition) is 1. The summed E-state index contributed by atoms with van der Waals surface area (Å²) in [6, 6.07) is 11.6. The molecule has 0 amide bonds. The van der Waals surface area contributed by atoms with Crippen molar-refractivity contribution >= 4 is 40.8 Å². The Hall–Kier alpha value is -2.84. The predicted octanol–water partition coefficient (Wildman–Crippen LogP) is 4.40. The van der Waals surface area contributed by atoms with E-state index in [4.69, 9.17) is 9.47 Å². The molecule has 3 atom stereocenters. The number of carbonyl (C=O) groups is 3. The number of methoxy groups -OCH3 is 2. The number of ether oxygens (including phenoxy) is 2. The molecule has 8 heteroatoms. The van der Waals surface area contributed by atoms with Gasteiger partial charge >= 0.3 is 11.9 Å². The number of Topliss-reactive ketones (excluding diaryl/α,β-unsaturated/α-hetero) is 1. The summed E-state index contributed by atoms with van der Waals surface area (Å²) >= 11 is 3.13. The maximum atomic E-state index is 14.0. The Labute approximate surface area is 201 Å². The van der Waals surface area contributed by atoms with Crippen molar-refractivity contribution in [3.8, 4) is 0 Å². The summed E-state index contributed by atoms with van der Waals surface area (Å²) in [5, 5.41) is 5.23. The molecule has 0 fully saturated rings. The van der Waals surface area contributed by atoms with E-state index in [0.29, 0.717) is 23.3 Å². The van der Waals surface area contributed by atoms with Gasteiger partial charge in [-0.3, -0.25) is 9.59 Å². The van der Waals surface area contributed by atoms with E-state index in [1.54, 1.807) is 11.8 Å². The van der Waals surface area contributed by atoms with Gasteiger partial charge in [-0.2, -0.15) is 0 Å². The fraction of sp³-hybridized carbons (Fsp3) is 0.320. The first-order valence-corrected chi connectivity index (χ1v) is 12.6. The monoisotopic (exact) mass is 483 g/mol. The second-order valence-electron chi connectivity index (χ2n) is 7.94. The topological polar surface area (TPSA) is 81.7 Å². The number of ketones is 1. The number of allylic oxidation sites excluding steroid dienone is 3. The van der Waals surface area contributed by atoms with Crippen LogP contribution in [0.15, 0.2) is 69.2 Å². The van der Waals surface area contributed by atoms with Gasteiger partial charge in [-0.25, -0.2) is 4.79 Å². The first kappa shape index (κ1) is 23.3. The average molecular weight is 484 g/mol. The first-order chi connectivity index (χ1) is 15.9. The molecule has 6 nitrogen and oxygen atoms in total. The number of carbonyl (C=O) groups excluding carboxylic acids is 3. The normalized spacial score (nSPS) is 22.5. The van der Waals surface area contributed by atoms with Crippen molar-refractivity contribution in [2.24, 2.45) is 5.92 Å². The van der Waals surface area contributed by atoms with Crippen molar-refractivity contribution in [1.29, 1.82) is 0 Å². The van der Waals surface area contributed by atoms with Gasteiger partial charge in [-0.15, -0.1) is 23.1 Å². The zero-order valence-electron chi connectivity index (χ0n) is 18.8. The molecule has 0 bridgehead atoms. The third-order valence-corrected chi connectivity index (χ3v) is 7.99. The molecule has 172 valence electrons. The SMILES string of the molecule is COC(=O)C1=C(C)NC2=C(C(=O)[C@@H](C(=O)OC)[C@H](c3cccs3)C2)[C@H]1c1ccc(SC)cc1. The second kappa shape index (κ2) is 9.57. The molecule has 1 aromatic heterocycles. The quantitative estimate of drug-likeness (QED) is 0.383. The van der Waals surface area contributed by atoms with Crippen LogP contribution in [0.1, 0.15) is 35.6 Å². The third kappa shape index (κ3) is 4.13. The van der Waals surface area contributed by atoms with E-state index in [1.165, 1.54) is 25.6 Å². The van der Waals surface area contributed by atoms with Crippen LogP contribution >= 0.6 is 23.1 Å². The minimum absolute atomic E-state index is 0.318. The molecule has 0 saturated carbocycles. The average Bonchev–Trinajstić information content (AvgIpc) is 3.37. The van der Waals surface area contributed by atoms with Crippen LogP contribution in [0.2, 0.25) is 0 Å². The highest BCUT2D eigenvalue weighted by molar-refractivity contribution is 7.98. The van der Waals surface area contributed by atoms with Crippen molar-refractivity contribution < 1.29 is 23.9 Å². The minimum Gasteiger partial charge on any atom is -0.468 e. The fourth-order valence-electron chi connectivity index (χ4n) is 4.71. The van der Waals surface area contributed by atoms with Crippen LogP contribution in [0.3, 0.4) is 0 Å². The van der Waals surface area contributed by atoms with Gasteiger partial charge < -0.3 is 14.8 Å². The molecule has 1 aliphatic carbocycles. The zero-order valence-corrected chi connectivity index (χ0v) is 20.5. The molecule has 4 rings (SSSR count). The summed E-state index contributed by atoms with van der Waals surface area (Å²) in [6.07, 6.45) is 2.45. The van der Waals surface area contributed by atoms with Gasteiger partial charge in [0.25, 0.3) is 0 Å². The van der Waals surface area contributed by atoms with Gasteiger partial charge in [0.15, 0.2) is 5.78 Å². The molecule has 0 radical (unpaired) electrons. The minimum atomic E-state index is -0.973. The van der Waals surface area contributed by atoms with E-state index >= 15 is 0 Å². The molecule has 2 aliphatic rings. The molecule has 1 aliphatic heterocycles. The van der Waals surface area contributed by atoms with Crippen LogP contribution in [0.25, 0.3) is 0 Å². The number of esters is 2. The standard InChI is InChI=1S/C25H25NO5S2/c1-13-19(24(28)30-2)20(14-7-9-15(32-4)10-8-14)22-17(26-13)12-16(18-6-5-11-33-18)21(23(22)27)25(29)31-3/h5-11,16,20-21,26H,12H2,1-4H3/t16-,20-,21-/m0/s1. The van der Waals surface area contributed by atoms with Gasteiger partial charge in [0.2, 0.25) is 0 Å². The first-order valence-electron chi connectivity index (χ1n) is 10.5. The fourth-order valence-corrected chi connectivity index (χ4v) is 5.99. The Kier molecular flexibility index (Phi) is 6.76. The van der Waals surface area contributed by atoms with Gasteiger partial charge in [-0.05, 0) is 48.7 Å². The van der Waals surface area contributed by atoms with Crippen LogP contribution in [0, 0.1) is 5.92 Å². The second-order valence-corrected chi connectivity index (χ2v) is 9.80. The largest absolute Gasteiger partial charge is 0.468 e. The van der Waals surface area contributed by atoms with Crippen LogP contribution in [0.5, 0.6) is 0 Å². The Balaban J connectivity index is 1.89. The number of dihydropyridines is 1. The molecule has 2 heterocycles. The molecule has 2 aromatic rings. The highest BCUT2D eigenvalue weighted by Gasteiger charge is 2.49. The molecule has 1 aromatic carbocycles. The molecule has 0 spiro atoms. The van der Waals surface area contributed by atoms with Crippen molar-refractivity contribution in [2.75, 3.05) is 20.5 Å². The van der Waals surface area contributed by atoms with Crippen LogP contribution in [0.4, 0.5) is 0 Å². The number of nitrogens with one attached hydrogen (secondary N) is 1. The number of thioether (sulfide) groups is 1. The van der Waals surface area contributed by atoms with E-state index in [-0.39, 0.29) is 11.7 Å². The molecular weight excluding hydrogens is 458 g/mol. The number of benzene rings is 1. The maximum absolute atomic E-state index is 14.0. The van der Waals surface area contributed by atoms with Crippen LogP contribution < -0.4 is 5.32 Å². The number of thiophene rings is 1. The van der Waals surface area contributed by atoms with E-state index < -0.39 is 23.8 Å². The summed E-state index contributed by atoms with van der Waals surface area (Å²) in [5.74, 6) is -3.32. The summed E-state index contributed by atoms with van der Waals surface area (Å²) in [6.45, 7) is 1.82. The summed E-state index contributed by atoms with van der Waals surface area (Å²) < 4.78 is 10.1. The van der Waals surface area contributed by atoms with E-state index in [0.717, 1.165) is 21.0 Å². The smallest absolute Gasteiger partial charge is 0.336 e. The zero-order chi connectivity index (χ0) is 23.7. The Morgan fingerprint density at radius 3 is 2.42 bits per heavy atom. The van der Waals surface area contributed by atoms with Crippen molar-refractivity contribution in [1.82, 2.24) is 5.32 Å². The van der Waals surface area contributed by atoms with Gasteiger partial charge in [-0.1, -0.05) is 18.2 Å². The number of rotatable bonds is 5. The molecular formula is C25H25NO5S2. The molecule has 33 heavy (non-hydrogen) atoms. The predicted molar refractivity (Wildman–Crippen MR) is 128 cm³/mol. The van der Waals surface area contributed by atoms with Gasteiger partial charge in [0.1, 0.15) is 5.92 Å². The lowest BCUT2D eigenvalue weighted by Crippen LogP contribution is -2.43. The molecule has 1 N–H and O–H groups in total. The van der Waals surface area contributed by atoms with Gasteiger partial charge in [0.05, 0.1) is 19.8 Å². The van der Waals surface area contributed by atoms with E-state index in [1.807, 2.05) is 55.0 Å². The number of hydrogen-bond acceptors (Lipinski definition) is 8. The lowest BCUT2D eigenvalue weighted by Gasteiger charge is -2.39. The molecule has 0 saturated heterocycles. The van der Waals surface area contributed by atoms with E-state index in [9.17, 15) is 14.4 Å². The van der Waals surface area contributed by atoms with E-state index in [2.05, 4.69) is 5.32 Å². The van der Waals surface area contributed by atoms with Crippen LogP contribution in [-0.2, 0) is 23.9 Å². The Morgan fingerprint density at radius 2 is 1.85 bits per heavy atom.